The van der Waals surface area contributed by atoms with Gasteiger partial charge in [0, 0.05) is 6.54 Å². The first-order chi connectivity index (χ1) is 7.08. The Morgan fingerprint density at radius 3 is 2.67 bits per heavy atom. The van der Waals surface area contributed by atoms with Gasteiger partial charge in [-0.2, -0.15) is 0 Å². The lowest BCUT2D eigenvalue weighted by Gasteiger charge is -2.29. The summed E-state index contributed by atoms with van der Waals surface area (Å²) in [5, 5.41) is 3.36. The normalized spacial score (nSPS) is 30.1. The van der Waals surface area contributed by atoms with Gasteiger partial charge in [0.25, 0.3) is 0 Å². The lowest BCUT2D eigenvalue weighted by Crippen LogP contribution is -2.35. The second-order valence-corrected chi connectivity index (χ2v) is 6.85. The van der Waals surface area contributed by atoms with E-state index in [-0.39, 0.29) is 11.2 Å². The smallest absolute Gasteiger partial charge is 0.211 e. The van der Waals surface area contributed by atoms with Crippen molar-refractivity contribution in [2.75, 3.05) is 25.9 Å². The molecule has 2 rings (SSSR count). The van der Waals surface area contributed by atoms with Gasteiger partial charge in [0.1, 0.15) is 0 Å². The predicted molar refractivity (Wildman–Crippen MR) is 60.1 cm³/mol. The van der Waals surface area contributed by atoms with Crippen molar-refractivity contribution in [3.63, 3.8) is 0 Å². The minimum atomic E-state index is -3.06. The molecule has 0 amide bonds. The van der Waals surface area contributed by atoms with Crippen molar-refractivity contribution in [1.82, 2.24) is 10.0 Å². The van der Waals surface area contributed by atoms with Crippen LogP contribution in [0.4, 0.5) is 0 Å². The largest absolute Gasteiger partial charge is 0.316 e. The van der Waals surface area contributed by atoms with Crippen molar-refractivity contribution in [3.05, 3.63) is 0 Å². The van der Waals surface area contributed by atoms with Crippen LogP contribution >= 0.6 is 0 Å². The van der Waals surface area contributed by atoms with Crippen LogP contribution in [-0.4, -0.2) is 34.3 Å². The van der Waals surface area contributed by atoms with E-state index in [0.29, 0.717) is 5.92 Å². The fourth-order valence-corrected chi connectivity index (χ4v) is 4.27. The quantitative estimate of drug-likeness (QED) is 0.736. The molecule has 0 radical (unpaired) electrons. The van der Waals surface area contributed by atoms with Crippen molar-refractivity contribution in [2.45, 2.75) is 25.7 Å². The van der Waals surface area contributed by atoms with E-state index in [2.05, 4.69) is 10.0 Å². The average Bonchev–Trinajstić information content (AvgIpc) is 2.79. The number of nitrogens with one attached hydrogen (secondary N) is 2. The van der Waals surface area contributed by atoms with Crippen molar-refractivity contribution in [1.29, 1.82) is 0 Å². The third kappa shape index (κ3) is 2.19. The maximum absolute atomic E-state index is 11.6. The zero-order chi connectivity index (χ0) is 10.9. The van der Waals surface area contributed by atoms with E-state index in [9.17, 15) is 8.42 Å². The van der Waals surface area contributed by atoms with Gasteiger partial charge in [0.05, 0.1) is 5.75 Å². The highest BCUT2D eigenvalue weighted by atomic mass is 32.2. The fraction of sp³-hybridized carbons (Fsp3) is 1.00. The average molecular weight is 232 g/mol. The Hall–Kier alpha value is -0.130. The van der Waals surface area contributed by atoms with Crippen LogP contribution in [0.1, 0.15) is 25.7 Å². The lowest BCUT2D eigenvalue weighted by atomic mass is 9.77. The summed E-state index contributed by atoms with van der Waals surface area (Å²) >= 11 is 0. The topological polar surface area (TPSA) is 58.2 Å². The minimum Gasteiger partial charge on any atom is -0.316 e. The zero-order valence-electron chi connectivity index (χ0n) is 9.25. The standard InChI is InChI=1S/C10H20N2O2S/c1-11-15(13,14)7-9-6-12-8-10(9)4-2-3-5-10/h9,11-12H,2-8H2,1H3. The van der Waals surface area contributed by atoms with Gasteiger partial charge >= 0.3 is 0 Å². The summed E-state index contributed by atoms with van der Waals surface area (Å²) in [6.45, 7) is 1.87. The number of hydrogen-bond acceptors (Lipinski definition) is 3. The monoisotopic (exact) mass is 232 g/mol. The maximum atomic E-state index is 11.6. The van der Waals surface area contributed by atoms with Crippen molar-refractivity contribution >= 4 is 10.0 Å². The first-order valence-electron chi connectivity index (χ1n) is 5.70. The first kappa shape index (κ1) is 11.4. The van der Waals surface area contributed by atoms with Crippen LogP contribution in [0.3, 0.4) is 0 Å². The van der Waals surface area contributed by atoms with E-state index >= 15 is 0 Å². The van der Waals surface area contributed by atoms with Crippen LogP contribution in [0, 0.1) is 11.3 Å². The Bertz CT molecular complexity index is 315. The summed E-state index contributed by atoms with van der Waals surface area (Å²) in [5.41, 5.74) is 0.282. The molecule has 0 bridgehead atoms. The summed E-state index contributed by atoms with van der Waals surface area (Å²) < 4.78 is 25.5. The fourth-order valence-electron chi connectivity index (χ4n) is 3.10. The minimum absolute atomic E-state index is 0.282. The molecular weight excluding hydrogens is 212 g/mol. The Morgan fingerprint density at radius 2 is 2.07 bits per heavy atom. The first-order valence-corrected chi connectivity index (χ1v) is 7.35. The second-order valence-electron chi connectivity index (χ2n) is 4.88. The molecule has 0 aromatic carbocycles. The number of hydrogen-bond donors (Lipinski definition) is 2. The third-order valence-corrected chi connectivity index (χ3v) is 5.53. The molecule has 2 N–H and O–H groups in total. The molecule has 1 unspecified atom stereocenters. The molecule has 1 saturated carbocycles. The van der Waals surface area contributed by atoms with Crippen LogP contribution in [0.2, 0.25) is 0 Å². The van der Waals surface area contributed by atoms with Gasteiger partial charge < -0.3 is 5.32 Å². The van der Waals surface area contributed by atoms with Gasteiger partial charge in [0.15, 0.2) is 0 Å². The Labute approximate surface area is 91.9 Å². The van der Waals surface area contributed by atoms with E-state index in [4.69, 9.17) is 0 Å². The van der Waals surface area contributed by atoms with Gasteiger partial charge in [-0.1, -0.05) is 12.8 Å². The molecule has 2 fully saturated rings. The third-order valence-electron chi connectivity index (χ3n) is 4.06. The van der Waals surface area contributed by atoms with Crippen molar-refractivity contribution in [2.24, 2.45) is 11.3 Å². The summed E-state index contributed by atoms with van der Waals surface area (Å²) in [5.74, 6) is 0.591. The maximum Gasteiger partial charge on any atom is 0.211 e. The predicted octanol–water partition coefficient (Wildman–Crippen LogP) is 0.315. The number of rotatable bonds is 3. The summed E-state index contributed by atoms with van der Waals surface area (Å²) in [6.07, 6.45) is 4.92. The summed E-state index contributed by atoms with van der Waals surface area (Å²) in [6, 6.07) is 0. The van der Waals surface area contributed by atoms with Crippen LogP contribution in [0.25, 0.3) is 0 Å². The molecule has 88 valence electrons. The highest BCUT2D eigenvalue weighted by molar-refractivity contribution is 7.89. The van der Waals surface area contributed by atoms with Crippen LogP contribution in [-0.2, 0) is 10.0 Å². The highest BCUT2D eigenvalue weighted by Crippen LogP contribution is 2.46. The van der Waals surface area contributed by atoms with Gasteiger partial charge in [-0.05, 0) is 37.8 Å². The second kappa shape index (κ2) is 4.03. The van der Waals surface area contributed by atoms with Crippen molar-refractivity contribution < 1.29 is 8.42 Å². The van der Waals surface area contributed by atoms with E-state index in [1.807, 2.05) is 0 Å². The Balaban J connectivity index is 2.09. The van der Waals surface area contributed by atoms with Gasteiger partial charge in [0.2, 0.25) is 10.0 Å². The van der Waals surface area contributed by atoms with Crippen molar-refractivity contribution in [3.8, 4) is 0 Å². The molecule has 5 heteroatoms. The highest BCUT2D eigenvalue weighted by Gasteiger charge is 2.45. The van der Waals surface area contributed by atoms with Crippen LogP contribution < -0.4 is 10.0 Å². The molecule has 1 atom stereocenters. The van der Waals surface area contributed by atoms with E-state index in [1.165, 1.54) is 32.7 Å². The zero-order valence-corrected chi connectivity index (χ0v) is 10.1. The molecule has 1 aliphatic heterocycles. The summed E-state index contributed by atoms with van der Waals surface area (Å²) in [7, 11) is -1.56. The molecule has 1 aliphatic carbocycles. The van der Waals surface area contributed by atoms with E-state index in [0.717, 1.165) is 13.1 Å². The van der Waals surface area contributed by atoms with Gasteiger partial charge in [-0.25, -0.2) is 13.1 Å². The van der Waals surface area contributed by atoms with Gasteiger partial charge in [-0.15, -0.1) is 0 Å². The summed E-state index contributed by atoms with van der Waals surface area (Å²) in [4.78, 5) is 0. The van der Waals surface area contributed by atoms with E-state index < -0.39 is 10.0 Å². The molecule has 15 heavy (non-hydrogen) atoms. The molecule has 0 aromatic rings. The van der Waals surface area contributed by atoms with Crippen LogP contribution in [0.5, 0.6) is 0 Å². The lowest BCUT2D eigenvalue weighted by molar-refractivity contribution is 0.252. The Kier molecular flexibility index (Phi) is 3.05. The van der Waals surface area contributed by atoms with Crippen LogP contribution in [0.15, 0.2) is 0 Å². The number of sulfonamides is 1. The molecule has 0 aromatic heterocycles. The molecule has 1 heterocycles. The molecule has 2 aliphatic rings. The Morgan fingerprint density at radius 1 is 1.40 bits per heavy atom. The van der Waals surface area contributed by atoms with E-state index in [1.54, 1.807) is 0 Å². The molecule has 4 nitrogen and oxygen atoms in total. The van der Waals surface area contributed by atoms with Gasteiger partial charge in [-0.3, -0.25) is 0 Å². The SMILES string of the molecule is CNS(=O)(=O)CC1CNCC12CCCC2. The molecule has 1 saturated heterocycles. The molecule has 1 spiro atoms. The molecular formula is C10H20N2O2S.